The third-order valence-corrected chi connectivity index (χ3v) is 4.36. The summed E-state index contributed by atoms with van der Waals surface area (Å²) in [7, 11) is 2.40. The van der Waals surface area contributed by atoms with E-state index in [1.807, 2.05) is 0 Å². The predicted octanol–water partition coefficient (Wildman–Crippen LogP) is 1.34. The standard InChI is InChI=1S/C19H13N3O7/c1-27-18(25)12-8-22(7-11-16(12)20-21-17(11)24)9-3-4-14-10(5-9)13(23)6-15(29-14)19(26)28-2/h3-8H,1-2H3,(H,21,24). The molecule has 4 rings (SSSR count). The molecule has 146 valence electrons. The number of nitrogens with one attached hydrogen (secondary N) is 1. The minimum atomic E-state index is -0.765. The van der Waals surface area contributed by atoms with Crippen LogP contribution in [0.1, 0.15) is 20.9 Å². The van der Waals surface area contributed by atoms with Crippen LogP contribution in [0.4, 0.5) is 0 Å². The lowest BCUT2D eigenvalue weighted by atomic mass is 10.1. The molecule has 10 nitrogen and oxygen atoms in total. The highest BCUT2D eigenvalue weighted by molar-refractivity contribution is 5.96. The van der Waals surface area contributed by atoms with E-state index < -0.39 is 22.9 Å². The van der Waals surface area contributed by atoms with Crippen molar-refractivity contribution in [2.45, 2.75) is 0 Å². The molecule has 1 N–H and O–H groups in total. The Morgan fingerprint density at radius 1 is 1.07 bits per heavy atom. The third-order valence-electron chi connectivity index (χ3n) is 4.36. The molecule has 1 aromatic heterocycles. The molecule has 2 aliphatic rings. The molecule has 1 aromatic carbocycles. The van der Waals surface area contributed by atoms with Gasteiger partial charge in [0.15, 0.2) is 5.43 Å². The molecule has 0 atom stereocenters. The van der Waals surface area contributed by atoms with Crippen LogP contribution in [0.2, 0.25) is 0 Å². The Hall–Kier alpha value is -4.21. The Kier molecular flexibility index (Phi) is 4.23. The van der Waals surface area contributed by atoms with Crippen LogP contribution in [0.15, 0.2) is 50.7 Å². The molecule has 0 aliphatic carbocycles. The summed E-state index contributed by atoms with van der Waals surface area (Å²) < 4.78 is 16.2. The summed E-state index contributed by atoms with van der Waals surface area (Å²) in [5.74, 6) is -1.65. The lowest BCUT2D eigenvalue weighted by molar-refractivity contribution is 0.0563. The van der Waals surface area contributed by atoms with Crippen molar-refractivity contribution in [2.75, 3.05) is 14.2 Å². The minimum absolute atomic E-state index is 0.0801. The molecule has 2 aliphatic heterocycles. The number of pyridine rings is 1. The van der Waals surface area contributed by atoms with Crippen molar-refractivity contribution in [3.63, 3.8) is 0 Å². The van der Waals surface area contributed by atoms with Crippen LogP contribution in [0.5, 0.6) is 0 Å². The molecule has 0 radical (unpaired) electrons. The maximum absolute atomic E-state index is 12.4. The first kappa shape index (κ1) is 18.2. The molecule has 0 saturated heterocycles. The number of hydrogen-bond donors (Lipinski definition) is 1. The molecule has 0 bridgehead atoms. The lowest BCUT2D eigenvalue weighted by Crippen LogP contribution is -2.12. The molecule has 3 heterocycles. The van der Waals surface area contributed by atoms with Gasteiger partial charge in [-0.3, -0.25) is 9.59 Å². The van der Waals surface area contributed by atoms with Crippen LogP contribution in [0, 0.1) is 0 Å². The number of carbonyl (C=O) groups excluding carboxylic acids is 2. The second kappa shape index (κ2) is 6.75. The van der Waals surface area contributed by atoms with Gasteiger partial charge in [-0.1, -0.05) is 0 Å². The highest BCUT2D eigenvalue weighted by Gasteiger charge is 2.22. The first-order valence-electron chi connectivity index (χ1n) is 8.28. The molecule has 0 fully saturated rings. The van der Waals surface area contributed by atoms with E-state index in [2.05, 4.69) is 14.9 Å². The molecule has 2 aromatic rings. The molecular weight excluding hydrogens is 382 g/mol. The summed E-state index contributed by atoms with van der Waals surface area (Å²) in [5, 5.41) is 6.37. The molecule has 10 heteroatoms. The zero-order chi connectivity index (χ0) is 20.7. The summed E-state index contributed by atoms with van der Waals surface area (Å²) in [6.45, 7) is 0. The Morgan fingerprint density at radius 3 is 2.55 bits per heavy atom. The summed E-state index contributed by atoms with van der Waals surface area (Å²) in [4.78, 5) is 48.2. The molecule has 0 saturated carbocycles. The van der Waals surface area contributed by atoms with Crippen molar-refractivity contribution in [1.29, 1.82) is 0 Å². The number of methoxy groups -OCH3 is 2. The predicted molar refractivity (Wildman–Crippen MR) is 99.5 cm³/mol. The topological polar surface area (TPSA) is 133 Å². The van der Waals surface area contributed by atoms with Gasteiger partial charge in [0.1, 0.15) is 16.8 Å². The van der Waals surface area contributed by atoms with Crippen molar-refractivity contribution in [3.8, 4) is 16.9 Å². The van der Waals surface area contributed by atoms with Crippen LogP contribution in [0.25, 0.3) is 27.9 Å². The van der Waals surface area contributed by atoms with Gasteiger partial charge in [0.05, 0.1) is 25.2 Å². The molecule has 0 unspecified atom stereocenters. The summed E-state index contributed by atoms with van der Waals surface area (Å²) in [6.07, 6.45) is 2.93. The van der Waals surface area contributed by atoms with Crippen molar-refractivity contribution >= 4 is 22.9 Å². The first-order chi connectivity index (χ1) is 13.9. The highest BCUT2D eigenvalue weighted by atomic mass is 16.5. The van der Waals surface area contributed by atoms with E-state index in [4.69, 9.17) is 9.15 Å². The van der Waals surface area contributed by atoms with Gasteiger partial charge in [-0.05, 0) is 18.2 Å². The van der Waals surface area contributed by atoms with Gasteiger partial charge in [-0.25, -0.2) is 14.7 Å². The molecule has 0 spiro atoms. The van der Waals surface area contributed by atoms with Crippen LogP contribution >= 0.6 is 0 Å². The Bertz CT molecular complexity index is 1360. The van der Waals surface area contributed by atoms with Crippen LogP contribution in [-0.2, 0) is 9.47 Å². The molecule has 0 amide bonds. The van der Waals surface area contributed by atoms with Crippen LogP contribution in [0.3, 0.4) is 0 Å². The van der Waals surface area contributed by atoms with E-state index in [1.165, 1.54) is 43.3 Å². The SMILES string of the molecule is COC(=O)c1cc(=O)c2cc(-n3cc(C(=O)OC)c4n[nH]c(=O)c-4c3)ccc2o1. The van der Waals surface area contributed by atoms with Crippen LogP contribution in [-0.4, -0.2) is 40.9 Å². The van der Waals surface area contributed by atoms with Gasteiger partial charge in [0, 0.05) is 24.1 Å². The lowest BCUT2D eigenvalue weighted by Gasteiger charge is -2.12. The average Bonchev–Trinajstić information content (AvgIpc) is 3.12. The number of hydrogen-bond acceptors (Lipinski definition) is 8. The number of rotatable bonds is 3. The number of aromatic nitrogens is 3. The zero-order valence-electron chi connectivity index (χ0n) is 15.2. The maximum atomic E-state index is 12.4. The van der Waals surface area contributed by atoms with E-state index in [1.54, 1.807) is 6.07 Å². The minimum Gasteiger partial charge on any atom is -0.465 e. The van der Waals surface area contributed by atoms with E-state index in [0.29, 0.717) is 5.69 Å². The van der Waals surface area contributed by atoms with Crippen molar-refractivity contribution < 1.29 is 23.5 Å². The average molecular weight is 395 g/mol. The number of benzene rings is 1. The quantitative estimate of drug-likeness (QED) is 0.514. The van der Waals surface area contributed by atoms with Crippen molar-refractivity contribution in [3.05, 3.63) is 68.6 Å². The number of aromatic amines is 1. The number of nitrogens with zero attached hydrogens (tertiary/aromatic N) is 2. The highest BCUT2D eigenvalue weighted by Crippen LogP contribution is 2.24. The monoisotopic (exact) mass is 395 g/mol. The summed E-state index contributed by atoms with van der Waals surface area (Å²) >= 11 is 0. The first-order valence-corrected chi connectivity index (χ1v) is 8.28. The fourth-order valence-electron chi connectivity index (χ4n) is 2.95. The maximum Gasteiger partial charge on any atom is 0.374 e. The Labute approximate surface area is 161 Å². The second-order valence-corrected chi connectivity index (χ2v) is 6.03. The van der Waals surface area contributed by atoms with E-state index in [-0.39, 0.29) is 33.6 Å². The Balaban J connectivity index is 1.93. The van der Waals surface area contributed by atoms with E-state index in [0.717, 1.165) is 6.07 Å². The summed E-state index contributed by atoms with van der Waals surface area (Å²) in [6, 6.07) is 5.65. The van der Waals surface area contributed by atoms with Crippen LogP contribution < -0.4 is 11.0 Å². The molecule has 29 heavy (non-hydrogen) atoms. The number of ether oxygens (including phenoxy) is 2. The smallest absolute Gasteiger partial charge is 0.374 e. The van der Waals surface area contributed by atoms with Crippen molar-refractivity contribution in [1.82, 2.24) is 14.8 Å². The largest absolute Gasteiger partial charge is 0.465 e. The van der Waals surface area contributed by atoms with E-state index >= 15 is 0 Å². The Morgan fingerprint density at radius 2 is 1.83 bits per heavy atom. The normalized spacial score (nSPS) is 11.0. The number of esters is 2. The second-order valence-electron chi connectivity index (χ2n) is 6.03. The number of H-pyrrole nitrogens is 1. The number of fused-ring (bicyclic) bond motifs is 2. The fraction of sp³-hybridized carbons (Fsp3) is 0.105. The fourth-order valence-corrected chi connectivity index (χ4v) is 2.95. The van der Waals surface area contributed by atoms with Gasteiger partial charge in [0.2, 0.25) is 5.76 Å². The van der Waals surface area contributed by atoms with Gasteiger partial charge in [-0.2, -0.15) is 5.10 Å². The van der Waals surface area contributed by atoms with Gasteiger partial charge < -0.3 is 18.5 Å². The van der Waals surface area contributed by atoms with E-state index in [9.17, 15) is 19.2 Å². The third kappa shape index (κ3) is 2.96. The number of carbonyl (C=O) groups is 2. The van der Waals surface area contributed by atoms with Crippen molar-refractivity contribution in [2.24, 2.45) is 0 Å². The zero-order valence-corrected chi connectivity index (χ0v) is 15.2. The summed E-state index contributed by atoms with van der Waals surface area (Å²) in [5.41, 5.74) is 0.185. The van der Waals surface area contributed by atoms with Gasteiger partial charge >= 0.3 is 11.9 Å². The van der Waals surface area contributed by atoms with Gasteiger partial charge in [0.25, 0.3) is 5.56 Å². The molecular formula is C19H13N3O7. The van der Waals surface area contributed by atoms with Gasteiger partial charge in [-0.15, -0.1) is 0 Å².